The quantitative estimate of drug-likeness (QED) is 0.571. The second-order valence-corrected chi connectivity index (χ2v) is 6.23. The highest BCUT2D eigenvalue weighted by Gasteiger charge is 2.24. The van der Waals surface area contributed by atoms with Crippen molar-refractivity contribution in [3.05, 3.63) is 41.7 Å². The van der Waals surface area contributed by atoms with Gasteiger partial charge in [0.15, 0.2) is 0 Å². The Balaban J connectivity index is 2.46. The number of nitrogens with one attached hydrogen (secondary N) is 2. The third-order valence-corrected chi connectivity index (χ3v) is 4.84. The fourth-order valence-corrected chi connectivity index (χ4v) is 3.06. The normalized spacial score (nSPS) is 11.3. The van der Waals surface area contributed by atoms with Gasteiger partial charge in [-0.3, -0.25) is 14.8 Å². The molecule has 0 fully saturated rings. The third-order valence-electron chi connectivity index (χ3n) is 2.94. The van der Waals surface area contributed by atoms with Crippen LogP contribution in [-0.4, -0.2) is 31.5 Å². The molecule has 0 unspecified atom stereocenters. The minimum absolute atomic E-state index is 0.114. The summed E-state index contributed by atoms with van der Waals surface area (Å²) in [7, 11) is -2.25. The molecule has 0 spiro atoms. The van der Waals surface area contributed by atoms with Crippen molar-refractivity contribution in [2.45, 2.75) is 11.8 Å². The van der Waals surface area contributed by atoms with Gasteiger partial charge in [-0.05, 0) is 19.1 Å². The van der Waals surface area contributed by atoms with Gasteiger partial charge >= 0.3 is 0 Å². The van der Waals surface area contributed by atoms with Crippen LogP contribution in [0.1, 0.15) is 11.3 Å². The van der Waals surface area contributed by atoms with Crippen molar-refractivity contribution in [3.63, 3.8) is 0 Å². The first-order valence-electron chi connectivity index (χ1n) is 5.77. The summed E-state index contributed by atoms with van der Waals surface area (Å²) in [6, 6.07) is 6.49. The monoisotopic (exact) mass is 293 g/mol. The maximum absolute atomic E-state index is 12.5. The van der Waals surface area contributed by atoms with Gasteiger partial charge in [0, 0.05) is 12.6 Å². The van der Waals surface area contributed by atoms with Crippen LogP contribution in [0, 0.1) is 12.3 Å². The Morgan fingerprint density at radius 3 is 2.70 bits per heavy atom. The first kappa shape index (κ1) is 14.1. The predicted octanol–water partition coefficient (Wildman–Crippen LogP) is 0.827. The number of nitrogens with two attached hydrogens (primary N) is 1. The topological polar surface area (TPSA) is 116 Å². The number of anilines is 1. The van der Waals surface area contributed by atoms with E-state index in [1.54, 1.807) is 31.2 Å². The summed E-state index contributed by atoms with van der Waals surface area (Å²) in [5.74, 6) is -0.114. The molecule has 1 aromatic carbocycles. The summed E-state index contributed by atoms with van der Waals surface area (Å²) >= 11 is 0. The Bertz CT molecular complexity index is 751. The number of rotatable bonds is 4. The second-order valence-electron chi connectivity index (χ2n) is 4.30. The van der Waals surface area contributed by atoms with Crippen LogP contribution in [0.25, 0.3) is 0 Å². The second kappa shape index (κ2) is 4.97. The largest absolute Gasteiger partial charge is 0.384 e. The summed E-state index contributed by atoms with van der Waals surface area (Å²) < 4.78 is 26.1. The van der Waals surface area contributed by atoms with E-state index in [-0.39, 0.29) is 10.7 Å². The van der Waals surface area contributed by atoms with Crippen molar-refractivity contribution >= 4 is 21.5 Å². The molecule has 0 aliphatic heterocycles. The van der Waals surface area contributed by atoms with Gasteiger partial charge in [0.1, 0.15) is 10.7 Å². The van der Waals surface area contributed by atoms with Crippen molar-refractivity contribution in [2.75, 3.05) is 11.4 Å². The van der Waals surface area contributed by atoms with Gasteiger partial charge < -0.3 is 5.73 Å². The first-order chi connectivity index (χ1) is 9.34. The van der Waals surface area contributed by atoms with E-state index in [1.165, 1.54) is 13.2 Å². The van der Waals surface area contributed by atoms with E-state index in [4.69, 9.17) is 11.1 Å². The number of aromatic nitrogens is 2. The number of hydrogen-bond donors (Lipinski definition) is 3. The Hall–Kier alpha value is -2.35. The summed E-state index contributed by atoms with van der Waals surface area (Å²) in [4.78, 5) is 0.119. The smallest absolute Gasteiger partial charge is 0.267 e. The van der Waals surface area contributed by atoms with E-state index in [2.05, 4.69) is 10.2 Å². The molecule has 0 aliphatic carbocycles. The molecule has 0 radical (unpaired) electrons. The highest BCUT2D eigenvalue weighted by molar-refractivity contribution is 7.92. The molecule has 7 nitrogen and oxygen atoms in total. The van der Waals surface area contributed by atoms with Crippen LogP contribution in [0.15, 0.2) is 35.4 Å². The zero-order chi connectivity index (χ0) is 14.9. The maximum Gasteiger partial charge on any atom is 0.267 e. The molecule has 4 N–H and O–H groups in total. The minimum atomic E-state index is -3.69. The molecule has 1 aromatic heterocycles. The average Bonchev–Trinajstić information content (AvgIpc) is 2.85. The highest BCUT2D eigenvalue weighted by atomic mass is 32.2. The Labute approximate surface area is 117 Å². The summed E-state index contributed by atoms with van der Waals surface area (Å²) in [6.45, 7) is 1.64. The molecule has 8 heteroatoms. The van der Waals surface area contributed by atoms with Crippen LogP contribution in [0.4, 0.5) is 5.69 Å². The van der Waals surface area contributed by atoms with Crippen LogP contribution in [0.3, 0.4) is 0 Å². The molecule has 0 bridgehead atoms. The SMILES string of the molecule is Cc1[nH]ncc1S(=O)(=O)N(C)c1cccc(C(=N)N)c1. The molecule has 0 atom stereocenters. The molecule has 0 aliphatic rings. The lowest BCUT2D eigenvalue weighted by Gasteiger charge is -2.19. The number of benzene rings is 1. The number of aryl methyl sites for hydroxylation is 1. The number of amidine groups is 1. The van der Waals surface area contributed by atoms with Crippen molar-refractivity contribution in [3.8, 4) is 0 Å². The van der Waals surface area contributed by atoms with E-state index < -0.39 is 10.0 Å². The lowest BCUT2D eigenvalue weighted by Crippen LogP contribution is -2.27. The van der Waals surface area contributed by atoms with Crippen molar-refractivity contribution in [2.24, 2.45) is 5.73 Å². The Morgan fingerprint density at radius 1 is 1.45 bits per heavy atom. The fraction of sp³-hybridized carbons (Fsp3) is 0.167. The number of aromatic amines is 1. The molecule has 0 amide bonds. The lowest BCUT2D eigenvalue weighted by atomic mass is 10.2. The lowest BCUT2D eigenvalue weighted by molar-refractivity contribution is 0.594. The number of nitrogens with zero attached hydrogens (tertiary/aromatic N) is 2. The molecule has 0 saturated heterocycles. The van der Waals surface area contributed by atoms with E-state index in [1.807, 2.05) is 0 Å². The van der Waals surface area contributed by atoms with Crippen molar-refractivity contribution < 1.29 is 8.42 Å². The summed E-state index contributed by atoms with van der Waals surface area (Å²) in [5, 5.41) is 13.7. The highest BCUT2D eigenvalue weighted by Crippen LogP contribution is 2.23. The molecule has 106 valence electrons. The van der Waals surface area contributed by atoms with E-state index in [0.29, 0.717) is 16.9 Å². The van der Waals surface area contributed by atoms with Crippen LogP contribution in [0.5, 0.6) is 0 Å². The van der Waals surface area contributed by atoms with Gasteiger partial charge in [0.25, 0.3) is 10.0 Å². The molecular formula is C12H15N5O2S. The van der Waals surface area contributed by atoms with Gasteiger partial charge in [-0.1, -0.05) is 12.1 Å². The van der Waals surface area contributed by atoms with Crippen LogP contribution >= 0.6 is 0 Å². The fourth-order valence-electron chi connectivity index (χ4n) is 1.76. The van der Waals surface area contributed by atoms with Crippen LogP contribution in [0.2, 0.25) is 0 Å². The zero-order valence-corrected chi connectivity index (χ0v) is 11.9. The zero-order valence-electron chi connectivity index (χ0n) is 11.1. The number of H-pyrrole nitrogens is 1. The van der Waals surface area contributed by atoms with Crippen molar-refractivity contribution in [1.29, 1.82) is 5.41 Å². The van der Waals surface area contributed by atoms with Crippen LogP contribution in [-0.2, 0) is 10.0 Å². The maximum atomic E-state index is 12.5. The van der Waals surface area contributed by atoms with E-state index in [0.717, 1.165) is 4.31 Å². The predicted molar refractivity (Wildman–Crippen MR) is 76.4 cm³/mol. The molecule has 1 heterocycles. The molecule has 0 saturated carbocycles. The average molecular weight is 293 g/mol. The van der Waals surface area contributed by atoms with Gasteiger partial charge in [-0.25, -0.2) is 8.42 Å². The standard InChI is InChI=1S/C12H15N5O2S/c1-8-11(7-15-16-8)20(18,19)17(2)10-5-3-4-9(6-10)12(13)14/h3-7H,1-2H3,(H3,13,14)(H,15,16). The number of hydrogen-bond acceptors (Lipinski definition) is 4. The third kappa shape index (κ3) is 2.37. The van der Waals surface area contributed by atoms with Crippen LogP contribution < -0.4 is 10.0 Å². The Morgan fingerprint density at radius 2 is 2.15 bits per heavy atom. The molecule has 20 heavy (non-hydrogen) atoms. The van der Waals surface area contributed by atoms with E-state index >= 15 is 0 Å². The first-order valence-corrected chi connectivity index (χ1v) is 7.21. The molecular weight excluding hydrogens is 278 g/mol. The molecule has 2 rings (SSSR count). The van der Waals surface area contributed by atoms with Gasteiger partial charge in [0.05, 0.1) is 17.6 Å². The van der Waals surface area contributed by atoms with Crippen molar-refractivity contribution in [1.82, 2.24) is 10.2 Å². The molecule has 2 aromatic rings. The summed E-state index contributed by atoms with van der Waals surface area (Å²) in [5.41, 5.74) is 6.78. The number of nitrogen functional groups attached to an aromatic ring is 1. The van der Waals surface area contributed by atoms with E-state index in [9.17, 15) is 8.42 Å². The van der Waals surface area contributed by atoms with Gasteiger partial charge in [-0.15, -0.1) is 0 Å². The minimum Gasteiger partial charge on any atom is -0.384 e. The van der Waals surface area contributed by atoms with Gasteiger partial charge in [0.2, 0.25) is 0 Å². The summed E-state index contributed by atoms with van der Waals surface area (Å²) in [6.07, 6.45) is 1.27. The Kier molecular flexibility index (Phi) is 3.49. The van der Waals surface area contributed by atoms with Gasteiger partial charge in [-0.2, -0.15) is 5.10 Å². The number of sulfonamides is 1.